The van der Waals surface area contributed by atoms with Crippen LogP contribution in [0.5, 0.6) is 0 Å². The number of halogens is 1. The molecule has 0 aromatic heterocycles. The lowest BCUT2D eigenvalue weighted by Gasteiger charge is -2.27. The third kappa shape index (κ3) is 2.90. The Morgan fingerprint density at radius 1 is 1.05 bits per heavy atom. The normalized spacial score (nSPS) is 24.4. The summed E-state index contributed by atoms with van der Waals surface area (Å²) >= 11 is 0. The van der Waals surface area contributed by atoms with E-state index in [1.807, 2.05) is 11.9 Å². The molecule has 2 radical (unpaired) electrons. The second-order valence-electron chi connectivity index (χ2n) is 6.59. The van der Waals surface area contributed by atoms with E-state index in [0.29, 0.717) is 5.92 Å². The second kappa shape index (κ2) is 5.79. The first-order valence-electron chi connectivity index (χ1n) is 7.87. The third-order valence-corrected chi connectivity index (χ3v) is 4.84. The van der Waals surface area contributed by atoms with Crippen LogP contribution in [0.1, 0.15) is 31.7 Å². The number of anilines is 2. The minimum absolute atomic E-state index is 0.174. The monoisotopic (exact) mass is 293 g/mol. The Balaban J connectivity index is 1.80. The highest BCUT2D eigenvalue weighted by Gasteiger charge is 2.33. The van der Waals surface area contributed by atoms with Crippen molar-refractivity contribution < 1.29 is 4.39 Å². The highest BCUT2D eigenvalue weighted by atomic mass is 19.1. The molecule has 2 aromatic rings. The molecule has 2 atom stereocenters. The van der Waals surface area contributed by atoms with Gasteiger partial charge in [-0.05, 0) is 54.1 Å². The molecule has 112 valence electrons. The maximum Gasteiger partial charge on any atom is 0.123 e. The number of nitrogens with zero attached hydrogens (tertiary/aromatic N) is 1. The first-order valence-corrected chi connectivity index (χ1v) is 7.87. The van der Waals surface area contributed by atoms with Crippen molar-refractivity contribution in [2.24, 2.45) is 5.92 Å². The summed E-state index contributed by atoms with van der Waals surface area (Å²) < 4.78 is 13.0. The van der Waals surface area contributed by atoms with Crippen LogP contribution in [-0.4, -0.2) is 14.9 Å². The van der Waals surface area contributed by atoms with Crippen LogP contribution >= 0.6 is 0 Å². The van der Waals surface area contributed by atoms with Crippen LogP contribution in [0.15, 0.2) is 48.5 Å². The van der Waals surface area contributed by atoms with Gasteiger partial charge in [0.25, 0.3) is 0 Å². The van der Waals surface area contributed by atoms with E-state index < -0.39 is 0 Å². The largest absolute Gasteiger partial charge is 0.345 e. The highest BCUT2D eigenvalue weighted by molar-refractivity contribution is 6.16. The third-order valence-electron chi connectivity index (χ3n) is 4.84. The van der Waals surface area contributed by atoms with Crippen molar-refractivity contribution in [2.75, 3.05) is 11.9 Å². The molecule has 1 nitrogen and oxygen atoms in total. The molecule has 1 aliphatic carbocycles. The lowest BCUT2D eigenvalue weighted by atomic mass is 9.62. The zero-order chi connectivity index (χ0) is 15.7. The molecule has 1 fully saturated rings. The van der Waals surface area contributed by atoms with Crippen molar-refractivity contribution in [1.29, 1.82) is 0 Å². The summed E-state index contributed by atoms with van der Waals surface area (Å²) in [5.74, 6) is 0.486. The molecule has 0 N–H and O–H groups in total. The van der Waals surface area contributed by atoms with Gasteiger partial charge in [-0.2, -0.15) is 0 Å². The van der Waals surface area contributed by atoms with Gasteiger partial charge in [-0.15, -0.1) is 0 Å². The highest BCUT2D eigenvalue weighted by Crippen LogP contribution is 2.42. The van der Waals surface area contributed by atoms with E-state index in [-0.39, 0.29) is 11.1 Å². The number of rotatable bonds is 3. The van der Waals surface area contributed by atoms with Crippen molar-refractivity contribution in [2.45, 2.75) is 31.5 Å². The summed E-state index contributed by atoms with van der Waals surface area (Å²) in [5, 5.41) is -0.174. The summed E-state index contributed by atoms with van der Waals surface area (Å²) in [6.07, 6.45) is 3.31. The molecule has 0 bridgehead atoms. The maximum atomic E-state index is 13.0. The molecule has 3 rings (SSSR count). The van der Waals surface area contributed by atoms with Crippen molar-refractivity contribution in [1.82, 2.24) is 0 Å². The molecule has 1 saturated carbocycles. The zero-order valence-corrected chi connectivity index (χ0v) is 13.2. The Bertz CT molecular complexity index is 637. The molecule has 0 heterocycles. The second-order valence-corrected chi connectivity index (χ2v) is 6.59. The summed E-state index contributed by atoms with van der Waals surface area (Å²) in [4.78, 5) is 2.05. The van der Waals surface area contributed by atoms with Gasteiger partial charge in [0.2, 0.25) is 0 Å². The molecular weight excluding hydrogens is 272 g/mol. The Hall–Kier alpha value is -1.77. The summed E-state index contributed by atoms with van der Waals surface area (Å²) in [7, 11) is 8.55. The molecule has 3 heteroatoms. The molecule has 0 saturated heterocycles. The van der Waals surface area contributed by atoms with E-state index in [4.69, 9.17) is 7.85 Å². The first kappa shape index (κ1) is 15.1. The van der Waals surface area contributed by atoms with Gasteiger partial charge in [0.15, 0.2) is 0 Å². The van der Waals surface area contributed by atoms with Crippen LogP contribution in [0.25, 0.3) is 0 Å². The lowest BCUT2D eigenvalue weighted by molar-refractivity contribution is 0.568. The first-order chi connectivity index (χ1) is 10.5. The molecule has 0 amide bonds. The zero-order valence-electron chi connectivity index (χ0n) is 13.2. The van der Waals surface area contributed by atoms with E-state index >= 15 is 0 Å². The SMILES string of the molecule is [B]C1(c2ccc(N(C)c3ccc(F)cc3)cc2)CCC(C)C1. The van der Waals surface area contributed by atoms with Crippen molar-refractivity contribution in [3.63, 3.8) is 0 Å². The molecular formula is C19H21BFN. The Morgan fingerprint density at radius 3 is 2.09 bits per heavy atom. The van der Waals surface area contributed by atoms with E-state index in [1.165, 1.54) is 24.1 Å². The number of hydrogen-bond acceptors (Lipinski definition) is 1. The van der Waals surface area contributed by atoms with Gasteiger partial charge in [-0.3, -0.25) is 0 Å². The van der Waals surface area contributed by atoms with Crippen LogP contribution in [-0.2, 0) is 5.31 Å². The molecule has 2 aromatic carbocycles. The Kier molecular flexibility index (Phi) is 3.99. The van der Waals surface area contributed by atoms with Crippen LogP contribution in [0.4, 0.5) is 15.8 Å². The minimum Gasteiger partial charge on any atom is -0.345 e. The van der Waals surface area contributed by atoms with E-state index in [2.05, 4.69) is 31.2 Å². The van der Waals surface area contributed by atoms with Crippen molar-refractivity contribution in [3.05, 3.63) is 59.9 Å². The van der Waals surface area contributed by atoms with Gasteiger partial charge in [0.05, 0.1) is 7.85 Å². The van der Waals surface area contributed by atoms with Crippen LogP contribution in [0, 0.1) is 11.7 Å². The topological polar surface area (TPSA) is 3.24 Å². The van der Waals surface area contributed by atoms with E-state index in [0.717, 1.165) is 24.2 Å². The molecule has 0 aliphatic heterocycles. The predicted molar refractivity (Wildman–Crippen MR) is 91.4 cm³/mol. The van der Waals surface area contributed by atoms with Gasteiger partial charge in [0.1, 0.15) is 5.82 Å². The smallest absolute Gasteiger partial charge is 0.123 e. The molecule has 2 unspecified atom stereocenters. The summed E-state index contributed by atoms with van der Waals surface area (Å²) in [6.45, 7) is 2.27. The Morgan fingerprint density at radius 2 is 1.59 bits per heavy atom. The Labute approximate surface area is 133 Å². The van der Waals surface area contributed by atoms with Gasteiger partial charge >= 0.3 is 0 Å². The van der Waals surface area contributed by atoms with Gasteiger partial charge < -0.3 is 4.90 Å². The van der Waals surface area contributed by atoms with Crippen LogP contribution in [0.3, 0.4) is 0 Å². The fourth-order valence-electron chi connectivity index (χ4n) is 3.42. The standard InChI is InChI=1S/C19H21BFN/c1-14-11-12-19(20,13-14)15-3-7-17(8-4-15)22(2)18-9-5-16(21)6-10-18/h3-10,14H,11-13H2,1-2H3. The lowest BCUT2D eigenvalue weighted by Crippen LogP contribution is -2.22. The molecule has 1 aliphatic rings. The fourth-order valence-corrected chi connectivity index (χ4v) is 3.42. The quantitative estimate of drug-likeness (QED) is 0.736. The minimum atomic E-state index is -0.215. The van der Waals surface area contributed by atoms with Crippen molar-refractivity contribution in [3.8, 4) is 0 Å². The van der Waals surface area contributed by atoms with Crippen molar-refractivity contribution >= 4 is 19.2 Å². The fraction of sp³-hybridized carbons (Fsp3) is 0.368. The van der Waals surface area contributed by atoms with Gasteiger partial charge in [-0.1, -0.05) is 37.5 Å². The number of hydrogen-bond donors (Lipinski definition) is 0. The van der Waals surface area contributed by atoms with Crippen LogP contribution < -0.4 is 4.90 Å². The van der Waals surface area contributed by atoms with Gasteiger partial charge in [-0.25, -0.2) is 4.39 Å². The maximum absolute atomic E-state index is 13.0. The van der Waals surface area contributed by atoms with Gasteiger partial charge in [0, 0.05) is 18.4 Å². The average Bonchev–Trinajstić information content (AvgIpc) is 2.88. The average molecular weight is 293 g/mol. The van der Waals surface area contributed by atoms with Crippen LogP contribution in [0.2, 0.25) is 0 Å². The predicted octanol–water partition coefficient (Wildman–Crippen LogP) is 4.78. The molecule has 0 spiro atoms. The van der Waals surface area contributed by atoms with E-state index in [1.54, 1.807) is 12.1 Å². The summed E-state index contributed by atoms with van der Waals surface area (Å²) in [6, 6.07) is 15.0. The summed E-state index contributed by atoms with van der Waals surface area (Å²) in [5.41, 5.74) is 3.25. The number of benzene rings is 2. The molecule has 22 heavy (non-hydrogen) atoms. The van der Waals surface area contributed by atoms with E-state index in [9.17, 15) is 4.39 Å².